The number of halogens is 1. The Labute approximate surface area is 242 Å². The molecule has 4 aromatic carbocycles. The van der Waals surface area contributed by atoms with Crippen molar-refractivity contribution in [2.45, 2.75) is 31.3 Å². The van der Waals surface area contributed by atoms with E-state index in [0.29, 0.717) is 41.8 Å². The second-order valence-electron chi connectivity index (χ2n) is 9.77. The molecule has 1 aromatic heterocycles. The molecule has 0 N–H and O–H groups in total. The van der Waals surface area contributed by atoms with Crippen molar-refractivity contribution in [2.24, 2.45) is 0 Å². The summed E-state index contributed by atoms with van der Waals surface area (Å²) in [6.07, 6.45) is 0.674. The third-order valence-corrected chi connectivity index (χ3v) is 10.5. The normalized spacial score (nSPS) is 13.8. The van der Waals surface area contributed by atoms with Gasteiger partial charge in [-0.15, -0.1) is 0 Å². The first-order valence-electron chi connectivity index (χ1n) is 12.9. The van der Waals surface area contributed by atoms with Crippen LogP contribution in [0.25, 0.3) is 10.2 Å². The fourth-order valence-electron chi connectivity index (χ4n) is 4.95. The maximum atomic E-state index is 13.9. The second kappa shape index (κ2) is 10.8. The van der Waals surface area contributed by atoms with E-state index in [0.717, 1.165) is 26.9 Å². The number of fused-ring (bicyclic) bond motifs is 2. The Balaban J connectivity index is 1.30. The number of aryl methyl sites for hydroxylation is 1. The van der Waals surface area contributed by atoms with Crippen LogP contribution in [0.15, 0.2) is 95.9 Å². The lowest BCUT2D eigenvalue weighted by Crippen LogP contribution is -2.36. The van der Waals surface area contributed by atoms with Gasteiger partial charge in [0.2, 0.25) is 10.0 Å². The molecule has 1 aliphatic rings. The molecule has 5 aromatic rings. The van der Waals surface area contributed by atoms with Crippen LogP contribution >= 0.6 is 22.9 Å². The Hall–Kier alpha value is -3.56. The third-order valence-electron chi connectivity index (χ3n) is 7.23. The van der Waals surface area contributed by atoms with E-state index in [1.807, 2.05) is 73.7 Å². The van der Waals surface area contributed by atoms with E-state index in [4.69, 9.17) is 16.6 Å². The minimum Gasteiger partial charge on any atom is -0.279 e. The van der Waals surface area contributed by atoms with Crippen molar-refractivity contribution in [3.05, 3.63) is 124 Å². The summed E-state index contributed by atoms with van der Waals surface area (Å²) >= 11 is 7.75. The molecular formula is C31H26ClN3O3S2. The third kappa shape index (κ3) is 5.04. The molecule has 0 bridgehead atoms. The summed E-state index contributed by atoms with van der Waals surface area (Å²) in [7, 11) is -3.71. The van der Waals surface area contributed by atoms with E-state index in [2.05, 4.69) is 0 Å². The van der Waals surface area contributed by atoms with Crippen molar-refractivity contribution in [3.8, 4) is 0 Å². The quantitative estimate of drug-likeness (QED) is 0.218. The zero-order valence-electron chi connectivity index (χ0n) is 21.7. The van der Waals surface area contributed by atoms with E-state index >= 15 is 0 Å². The van der Waals surface area contributed by atoms with Gasteiger partial charge in [0, 0.05) is 23.7 Å². The summed E-state index contributed by atoms with van der Waals surface area (Å²) in [6.45, 7) is 2.99. The van der Waals surface area contributed by atoms with Crippen molar-refractivity contribution in [1.29, 1.82) is 0 Å². The van der Waals surface area contributed by atoms with Gasteiger partial charge in [0.25, 0.3) is 5.91 Å². The van der Waals surface area contributed by atoms with Crippen LogP contribution in [0.4, 0.5) is 5.13 Å². The SMILES string of the molecule is Cc1c(Cl)ccc2sc(N(Cc3ccccc3)C(=O)c3ccc(S(=O)(=O)N4CCc5ccccc5C4)cc3)nc12. The van der Waals surface area contributed by atoms with Gasteiger partial charge in [0.15, 0.2) is 5.13 Å². The van der Waals surface area contributed by atoms with Gasteiger partial charge in [0.1, 0.15) is 0 Å². The zero-order valence-corrected chi connectivity index (χ0v) is 24.1. The number of carbonyl (C=O) groups is 1. The van der Waals surface area contributed by atoms with Crippen LogP contribution < -0.4 is 4.90 Å². The molecule has 1 amide bonds. The van der Waals surface area contributed by atoms with E-state index in [9.17, 15) is 13.2 Å². The van der Waals surface area contributed by atoms with Gasteiger partial charge in [0.05, 0.1) is 21.7 Å². The standard InChI is InChI=1S/C31H26ClN3O3S2/c1-21-27(32)15-16-28-29(21)33-31(39-28)35(19-22-7-3-2-4-8-22)30(36)24-11-13-26(14-12-24)40(37,38)34-18-17-23-9-5-6-10-25(23)20-34/h2-16H,17-20H2,1H3. The maximum Gasteiger partial charge on any atom is 0.260 e. The van der Waals surface area contributed by atoms with E-state index in [1.165, 1.54) is 33.3 Å². The predicted octanol–water partition coefficient (Wildman–Crippen LogP) is 6.85. The van der Waals surface area contributed by atoms with Crippen molar-refractivity contribution in [3.63, 3.8) is 0 Å². The highest BCUT2D eigenvalue weighted by molar-refractivity contribution is 7.89. The number of benzene rings is 4. The predicted molar refractivity (Wildman–Crippen MR) is 161 cm³/mol. The molecule has 0 radical (unpaired) electrons. The fourth-order valence-corrected chi connectivity index (χ4v) is 7.54. The zero-order chi connectivity index (χ0) is 27.9. The molecule has 202 valence electrons. The van der Waals surface area contributed by atoms with Crippen molar-refractivity contribution < 1.29 is 13.2 Å². The molecule has 40 heavy (non-hydrogen) atoms. The molecule has 2 heterocycles. The fraction of sp³-hybridized carbons (Fsp3) is 0.161. The highest BCUT2D eigenvalue weighted by atomic mass is 35.5. The number of hydrogen-bond acceptors (Lipinski definition) is 5. The van der Waals surface area contributed by atoms with Crippen LogP contribution in [-0.4, -0.2) is 30.2 Å². The highest BCUT2D eigenvalue weighted by Crippen LogP contribution is 2.35. The molecule has 9 heteroatoms. The average molecular weight is 588 g/mol. The molecular weight excluding hydrogens is 562 g/mol. The van der Waals surface area contributed by atoms with Gasteiger partial charge in [-0.2, -0.15) is 4.31 Å². The first-order chi connectivity index (χ1) is 19.3. The summed E-state index contributed by atoms with van der Waals surface area (Å²) in [6, 6.07) is 27.6. The minimum atomic E-state index is -3.71. The molecule has 6 rings (SSSR count). The number of anilines is 1. The summed E-state index contributed by atoms with van der Waals surface area (Å²) < 4.78 is 29.3. The maximum absolute atomic E-state index is 13.9. The first-order valence-corrected chi connectivity index (χ1v) is 15.5. The van der Waals surface area contributed by atoms with Gasteiger partial charge in [-0.3, -0.25) is 9.69 Å². The molecule has 0 aliphatic carbocycles. The summed E-state index contributed by atoms with van der Waals surface area (Å²) in [4.78, 5) is 20.5. The molecule has 0 unspecified atom stereocenters. The van der Waals surface area contributed by atoms with E-state index in [1.54, 1.807) is 17.0 Å². The largest absolute Gasteiger partial charge is 0.279 e. The topological polar surface area (TPSA) is 70.6 Å². The smallest absolute Gasteiger partial charge is 0.260 e. The van der Waals surface area contributed by atoms with Crippen LogP contribution in [0.1, 0.15) is 32.6 Å². The molecule has 0 saturated carbocycles. The number of hydrogen-bond donors (Lipinski definition) is 0. The summed E-state index contributed by atoms with van der Waals surface area (Å²) in [5.41, 5.74) is 5.17. The van der Waals surface area contributed by atoms with Crippen LogP contribution in [0.3, 0.4) is 0 Å². The lowest BCUT2D eigenvalue weighted by atomic mass is 10.0. The van der Waals surface area contributed by atoms with E-state index < -0.39 is 10.0 Å². The van der Waals surface area contributed by atoms with Gasteiger partial charge in [-0.05, 0) is 72.0 Å². The van der Waals surface area contributed by atoms with Crippen molar-refractivity contribution >= 4 is 54.2 Å². The van der Waals surface area contributed by atoms with E-state index in [-0.39, 0.29) is 10.8 Å². The van der Waals surface area contributed by atoms with Gasteiger partial charge in [-0.1, -0.05) is 77.5 Å². The Morgan fingerprint density at radius 3 is 2.40 bits per heavy atom. The van der Waals surface area contributed by atoms with Gasteiger partial charge in [-0.25, -0.2) is 13.4 Å². The highest BCUT2D eigenvalue weighted by Gasteiger charge is 2.29. The lowest BCUT2D eigenvalue weighted by molar-refractivity contribution is 0.0985. The van der Waals surface area contributed by atoms with Crippen LogP contribution in [0.5, 0.6) is 0 Å². The summed E-state index contributed by atoms with van der Waals surface area (Å²) in [5.74, 6) is -0.262. The van der Waals surface area contributed by atoms with Gasteiger partial charge < -0.3 is 0 Å². The molecule has 0 spiro atoms. The molecule has 1 aliphatic heterocycles. The van der Waals surface area contributed by atoms with Crippen LogP contribution in [0, 0.1) is 6.92 Å². The number of carbonyl (C=O) groups excluding carboxylic acids is 1. The number of sulfonamides is 1. The number of amides is 1. The molecule has 0 atom stereocenters. The monoisotopic (exact) mass is 587 g/mol. The molecule has 6 nitrogen and oxygen atoms in total. The second-order valence-corrected chi connectivity index (χ2v) is 13.1. The Morgan fingerprint density at radius 1 is 0.950 bits per heavy atom. The van der Waals surface area contributed by atoms with Crippen LogP contribution in [0.2, 0.25) is 5.02 Å². The molecule has 0 saturated heterocycles. The first kappa shape index (κ1) is 26.7. The Bertz CT molecular complexity index is 1820. The number of rotatable bonds is 6. The lowest BCUT2D eigenvalue weighted by Gasteiger charge is -2.28. The Morgan fingerprint density at radius 2 is 1.65 bits per heavy atom. The number of aromatic nitrogens is 1. The molecule has 0 fully saturated rings. The average Bonchev–Trinajstić information content (AvgIpc) is 3.43. The van der Waals surface area contributed by atoms with Crippen molar-refractivity contribution in [1.82, 2.24) is 9.29 Å². The number of thiazole rings is 1. The number of nitrogens with zero attached hydrogens (tertiary/aromatic N) is 3. The minimum absolute atomic E-state index is 0.170. The summed E-state index contributed by atoms with van der Waals surface area (Å²) in [5, 5.41) is 1.18. The van der Waals surface area contributed by atoms with Gasteiger partial charge >= 0.3 is 0 Å². The van der Waals surface area contributed by atoms with Crippen molar-refractivity contribution in [2.75, 3.05) is 11.4 Å². The van der Waals surface area contributed by atoms with Crippen LogP contribution in [-0.2, 0) is 29.5 Å². The Kier molecular flexibility index (Phi) is 7.18.